The molecule has 0 aliphatic heterocycles. The number of hydrogen-bond acceptors (Lipinski definition) is 2. The lowest BCUT2D eigenvalue weighted by atomic mass is 9.70. The molecule has 3 heteroatoms. The Balaban J connectivity index is 2.18. The number of hydrogen-bond donors (Lipinski definition) is 2. The highest BCUT2D eigenvalue weighted by molar-refractivity contribution is 5.88. The molecule has 1 unspecified atom stereocenters. The van der Waals surface area contributed by atoms with E-state index in [-0.39, 0.29) is 11.3 Å². The topological polar surface area (TPSA) is 41.1 Å². The van der Waals surface area contributed by atoms with Crippen LogP contribution in [-0.2, 0) is 16.6 Å². The highest BCUT2D eigenvalue weighted by atomic mass is 16.2. The summed E-state index contributed by atoms with van der Waals surface area (Å²) in [5.41, 5.74) is 2.18. The van der Waals surface area contributed by atoms with Crippen LogP contribution in [0.25, 0.3) is 0 Å². The third kappa shape index (κ3) is 2.41. The van der Waals surface area contributed by atoms with Gasteiger partial charge in [0.1, 0.15) is 0 Å². The number of likely N-dealkylation sites (N-methyl/N-ethyl adjacent to an activating group) is 1. The molecule has 1 atom stereocenters. The normalized spacial score (nSPS) is 22.3. The van der Waals surface area contributed by atoms with Crippen molar-refractivity contribution >= 4 is 5.91 Å². The van der Waals surface area contributed by atoms with E-state index >= 15 is 0 Å². The number of rotatable bonds is 4. The molecule has 2 rings (SSSR count). The van der Waals surface area contributed by atoms with Crippen molar-refractivity contribution in [1.29, 1.82) is 0 Å². The standard InChI is InChI=1S/C15H22N2O/c1-15(14(18)17-11-10-16-2)9-5-7-12-6-3-4-8-13(12)15/h3-4,6,8,16H,5,7,9-11H2,1-2H3,(H,17,18). The van der Waals surface area contributed by atoms with Crippen LogP contribution in [0.3, 0.4) is 0 Å². The van der Waals surface area contributed by atoms with E-state index in [0.29, 0.717) is 6.54 Å². The fraction of sp³-hybridized carbons (Fsp3) is 0.533. The minimum atomic E-state index is -0.359. The number of amides is 1. The van der Waals surface area contributed by atoms with Crippen LogP contribution in [0.5, 0.6) is 0 Å². The number of aryl methyl sites for hydroxylation is 1. The molecule has 1 aliphatic carbocycles. The van der Waals surface area contributed by atoms with Crippen molar-refractivity contribution in [3.63, 3.8) is 0 Å². The van der Waals surface area contributed by atoms with Crippen molar-refractivity contribution in [3.05, 3.63) is 35.4 Å². The van der Waals surface area contributed by atoms with E-state index < -0.39 is 0 Å². The van der Waals surface area contributed by atoms with Crippen LogP contribution in [0, 0.1) is 0 Å². The Morgan fingerprint density at radius 2 is 2.11 bits per heavy atom. The van der Waals surface area contributed by atoms with Gasteiger partial charge in [-0.3, -0.25) is 4.79 Å². The minimum Gasteiger partial charge on any atom is -0.354 e. The summed E-state index contributed by atoms with van der Waals surface area (Å²) >= 11 is 0. The molecule has 18 heavy (non-hydrogen) atoms. The van der Waals surface area contributed by atoms with Crippen molar-refractivity contribution < 1.29 is 4.79 Å². The lowest BCUT2D eigenvalue weighted by Crippen LogP contribution is -2.45. The minimum absolute atomic E-state index is 0.157. The highest BCUT2D eigenvalue weighted by Crippen LogP contribution is 2.37. The molecule has 1 aliphatic rings. The molecular weight excluding hydrogens is 224 g/mol. The van der Waals surface area contributed by atoms with E-state index in [1.807, 2.05) is 13.1 Å². The molecule has 0 spiro atoms. The first-order chi connectivity index (χ1) is 8.68. The SMILES string of the molecule is CNCCNC(=O)C1(C)CCCc2ccccc21. The van der Waals surface area contributed by atoms with E-state index in [9.17, 15) is 4.79 Å². The molecule has 1 aromatic carbocycles. The predicted molar refractivity (Wildman–Crippen MR) is 73.7 cm³/mol. The Morgan fingerprint density at radius 1 is 1.33 bits per heavy atom. The largest absolute Gasteiger partial charge is 0.354 e. The molecule has 98 valence electrons. The molecule has 0 saturated heterocycles. The van der Waals surface area contributed by atoms with Gasteiger partial charge in [0.05, 0.1) is 5.41 Å². The van der Waals surface area contributed by atoms with E-state index in [1.165, 1.54) is 11.1 Å². The van der Waals surface area contributed by atoms with Gasteiger partial charge in [0.25, 0.3) is 0 Å². The lowest BCUT2D eigenvalue weighted by Gasteiger charge is -2.34. The maximum atomic E-state index is 12.4. The van der Waals surface area contributed by atoms with Crippen molar-refractivity contribution in [2.75, 3.05) is 20.1 Å². The number of carbonyl (C=O) groups is 1. The van der Waals surface area contributed by atoms with Crippen LogP contribution in [0.2, 0.25) is 0 Å². The molecule has 0 radical (unpaired) electrons. The van der Waals surface area contributed by atoms with Crippen LogP contribution < -0.4 is 10.6 Å². The molecule has 0 heterocycles. The summed E-state index contributed by atoms with van der Waals surface area (Å²) in [5, 5.41) is 6.08. The van der Waals surface area contributed by atoms with Gasteiger partial charge in [-0.25, -0.2) is 0 Å². The maximum Gasteiger partial charge on any atom is 0.230 e. The van der Waals surface area contributed by atoms with Gasteiger partial charge in [0.15, 0.2) is 0 Å². The van der Waals surface area contributed by atoms with Gasteiger partial charge in [0.2, 0.25) is 5.91 Å². The first kappa shape index (κ1) is 13.1. The zero-order valence-corrected chi connectivity index (χ0v) is 11.3. The summed E-state index contributed by atoms with van der Waals surface area (Å²) in [7, 11) is 1.89. The Morgan fingerprint density at radius 3 is 2.89 bits per heavy atom. The number of fused-ring (bicyclic) bond motifs is 1. The highest BCUT2D eigenvalue weighted by Gasteiger charge is 2.38. The first-order valence-electron chi connectivity index (χ1n) is 6.70. The predicted octanol–water partition coefficient (Wildman–Crippen LogP) is 1.62. The third-order valence-electron chi connectivity index (χ3n) is 3.90. The molecule has 0 bridgehead atoms. The van der Waals surface area contributed by atoms with Crippen LogP contribution in [0.1, 0.15) is 30.9 Å². The summed E-state index contributed by atoms with van der Waals surface area (Å²) < 4.78 is 0. The van der Waals surface area contributed by atoms with E-state index in [4.69, 9.17) is 0 Å². The van der Waals surface area contributed by atoms with Gasteiger partial charge < -0.3 is 10.6 Å². The fourth-order valence-corrected chi connectivity index (χ4v) is 2.78. The molecule has 1 aromatic rings. The van der Waals surface area contributed by atoms with Gasteiger partial charge in [-0.2, -0.15) is 0 Å². The second kappa shape index (κ2) is 5.53. The van der Waals surface area contributed by atoms with Gasteiger partial charge in [-0.05, 0) is 44.4 Å². The van der Waals surface area contributed by atoms with Crippen LogP contribution in [0.15, 0.2) is 24.3 Å². The fourth-order valence-electron chi connectivity index (χ4n) is 2.78. The van der Waals surface area contributed by atoms with E-state index in [1.54, 1.807) is 0 Å². The summed E-state index contributed by atoms with van der Waals surface area (Å²) in [4.78, 5) is 12.4. The van der Waals surface area contributed by atoms with Gasteiger partial charge in [-0.15, -0.1) is 0 Å². The quantitative estimate of drug-likeness (QED) is 0.793. The Labute approximate surface area is 109 Å². The third-order valence-corrected chi connectivity index (χ3v) is 3.90. The second-order valence-electron chi connectivity index (χ2n) is 5.20. The molecule has 0 aromatic heterocycles. The van der Waals surface area contributed by atoms with Crippen LogP contribution in [0.4, 0.5) is 0 Å². The van der Waals surface area contributed by atoms with Crippen molar-refractivity contribution in [2.24, 2.45) is 0 Å². The van der Waals surface area contributed by atoms with E-state index in [0.717, 1.165) is 25.8 Å². The average molecular weight is 246 g/mol. The van der Waals surface area contributed by atoms with Crippen molar-refractivity contribution in [1.82, 2.24) is 10.6 Å². The van der Waals surface area contributed by atoms with E-state index in [2.05, 4.69) is 35.8 Å². The Hall–Kier alpha value is -1.35. The summed E-state index contributed by atoms with van der Waals surface area (Å²) in [6.45, 7) is 3.57. The van der Waals surface area contributed by atoms with Crippen molar-refractivity contribution in [2.45, 2.75) is 31.6 Å². The molecule has 0 fully saturated rings. The smallest absolute Gasteiger partial charge is 0.230 e. The molecule has 0 saturated carbocycles. The first-order valence-corrected chi connectivity index (χ1v) is 6.70. The van der Waals surface area contributed by atoms with Crippen LogP contribution >= 0.6 is 0 Å². The summed E-state index contributed by atoms with van der Waals surface area (Å²) in [6.07, 6.45) is 3.12. The lowest BCUT2D eigenvalue weighted by molar-refractivity contribution is -0.126. The Bertz CT molecular complexity index is 430. The number of nitrogens with one attached hydrogen (secondary N) is 2. The zero-order chi connectivity index (χ0) is 13.0. The maximum absolute atomic E-state index is 12.4. The summed E-state index contributed by atoms with van der Waals surface area (Å²) in [6, 6.07) is 8.34. The average Bonchev–Trinajstić information content (AvgIpc) is 2.39. The molecule has 3 nitrogen and oxygen atoms in total. The Kier molecular flexibility index (Phi) is 4.02. The van der Waals surface area contributed by atoms with Crippen LogP contribution in [-0.4, -0.2) is 26.0 Å². The monoisotopic (exact) mass is 246 g/mol. The number of benzene rings is 1. The number of carbonyl (C=O) groups excluding carboxylic acids is 1. The molecule has 2 N–H and O–H groups in total. The van der Waals surface area contributed by atoms with Gasteiger partial charge >= 0.3 is 0 Å². The zero-order valence-electron chi connectivity index (χ0n) is 11.3. The summed E-state index contributed by atoms with van der Waals surface area (Å²) in [5.74, 6) is 0.157. The second-order valence-corrected chi connectivity index (χ2v) is 5.20. The van der Waals surface area contributed by atoms with Gasteiger partial charge in [-0.1, -0.05) is 24.3 Å². The molecule has 1 amide bonds. The van der Waals surface area contributed by atoms with Gasteiger partial charge in [0, 0.05) is 13.1 Å². The van der Waals surface area contributed by atoms with Crippen molar-refractivity contribution in [3.8, 4) is 0 Å². The molecular formula is C15H22N2O.